The van der Waals surface area contributed by atoms with E-state index in [1.807, 2.05) is 12.1 Å². The Morgan fingerprint density at radius 3 is 2.74 bits per heavy atom. The molecule has 1 atom stereocenters. The minimum atomic E-state index is 0.252. The Morgan fingerprint density at radius 2 is 1.97 bits per heavy atom. The highest BCUT2D eigenvalue weighted by Gasteiger charge is 2.26. The van der Waals surface area contributed by atoms with Gasteiger partial charge in [-0.2, -0.15) is 0 Å². The molecule has 0 N–H and O–H groups in total. The highest BCUT2D eigenvalue weighted by Crippen LogP contribution is 2.30. The van der Waals surface area contributed by atoms with Crippen molar-refractivity contribution >= 4 is 29.0 Å². The van der Waals surface area contributed by atoms with E-state index in [1.165, 1.54) is 18.4 Å². The van der Waals surface area contributed by atoms with Crippen molar-refractivity contribution in [3.63, 3.8) is 0 Å². The normalized spacial score (nSPS) is 19.1. The number of aryl methyl sites for hydroxylation is 1. The summed E-state index contributed by atoms with van der Waals surface area (Å²) in [7, 11) is 0. The van der Waals surface area contributed by atoms with Crippen LogP contribution in [0.25, 0.3) is 0 Å². The lowest BCUT2D eigenvalue weighted by molar-refractivity contribution is 0.0951. The van der Waals surface area contributed by atoms with Gasteiger partial charge in [-0.25, -0.2) is 4.98 Å². The predicted octanol–water partition coefficient (Wildman–Crippen LogP) is 5.33. The minimum absolute atomic E-state index is 0.252. The number of thioether (sulfide) groups is 1. The average molecular weight is 500 g/mol. The van der Waals surface area contributed by atoms with E-state index >= 15 is 0 Å². The van der Waals surface area contributed by atoms with Crippen LogP contribution in [-0.4, -0.2) is 45.5 Å². The Kier molecular flexibility index (Phi) is 7.71. The molecule has 0 saturated carbocycles. The Bertz CT molecular complexity index is 1050. The molecule has 0 spiro atoms. The summed E-state index contributed by atoms with van der Waals surface area (Å²) in [6.07, 6.45) is 4.92. The summed E-state index contributed by atoms with van der Waals surface area (Å²) in [5, 5.41) is 13.3. The number of aromatic nitrogens is 4. The number of hydrogen-bond donors (Lipinski definition) is 0. The Labute approximate surface area is 209 Å². The van der Waals surface area contributed by atoms with Crippen LogP contribution < -0.4 is 9.64 Å². The van der Waals surface area contributed by atoms with E-state index in [2.05, 4.69) is 51.0 Å². The number of piperidine rings is 1. The van der Waals surface area contributed by atoms with Crippen molar-refractivity contribution < 1.29 is 9.47 Å². The first-order valence-electron chi connectivity index (χ1n) is 12.2. The van der Waals surface area contributed by atoms with Crippen LogP contribution >= 0.6 is 23.1 Å². The van der Waals surface area contributed by atoms with Gasteiger partial charge in [0.05, 0.1) is 18.3 Å². The number of nitrogens with zero attached hydrogens (tertiary/aromatic N) is 5. The second-order valence-corrected chi connectivity index (χ2v) is 11.2. The van der Waals surface area contributed by atoms with Gasteiger partial charge in [0.2, 0.25) is 5.95 Å². The molecule has 2 aromatic heterocycles. The molecule has 0 radical (unpaired) electrons. The summed E-state index contributed by atoms with van der Waals surface area (Å²) >= 11 is 3.35. The summed E-state index contributed by atoms with van der Waals surface area (Å²) < 4.78 is 14.1. The largest absolute Gasteiger partial charge is 0.486 e. The van der Waals surface area contributed by atoms with E-state index in [4.69, 9.17) is 14.5 Å². The lowest BCUT2D eigenvalue weighted by Crippen LogP contribution is -2.35. The SMILES string of the molecule is Cc1ccc(OCc2nc(CSc3nnc(N4CCC(C)CC4)n3CC3CCCO3)cs2)cc1. The van der Waals surface area contributed by atoms with Crippen molar-refractivity contribution in [2.24, 2.45) is 5.92 Å². The molecular formula is C25H33N5O2S2. The highest BCUT2D eigenvalue weighted by molar-refractivity contribution is 7.98. The molecule has 0 amide bonds. The fourth-order valence-corrected chi connectivity index (χ4v) is 6.03. The fourth-order valence-electron chi connectivity index (χ4n) is 4.38. The number of anilines is 1. The Hall–Kier alpha value is -2.10. The molecule has 34 heavy (non-hydrogen) atoms. The molecule has 2 fully saturated rings. The van der Waals surface area contributed by atoms with Gasteiger partial charge in [-0.1, -0.05) is 36.4 Å². The second kappa shape index (κ2) is 11.1. The van der Waals surface area contributed by atoms with Crippen molar-refractivity contribution in [1.82, 2.24) is 19.7 Å². The van der Waals surface area contributed by atoms with Gasteiger partial charge in [0.1, 0.15) is 17.4 Å². The van der Waals surface area contributed by atoms with Crippen molar-refractivity contribution in [2.45, 2.75) is 69.7 Å². The molecule has 4 heterocycles. The summed E-state index contributed by atoms with van der Waals surface area (Å²) in [6.45, 7) is 8.68. The second-order valence-electron chi connectivity index (χ2n) is 9.32. The van der Waals surface area contributed by atoms with Crippen molar-refractivity contribution in [3.8, 4) is 5.75 Å². The lowest BCUT2D eigenvalue weighted by Gasteiger charge is -2.31. The molecular weight excluding hydrogens is 466 g/mol. The van der Waals surface area contributed by atoms with Gasteiger partial charge >= 0.3 is 0 Å². The molecule has 1 aromatic carbocycles. The van der Waals surface area contributed by atoms with E-state index in [1.54, 1.807) is 23.1 Å². The van der Waals surface area contributed by atoms with Gasteiger partial charge in [0, 0.05) is 30.8 Å². The predicted molar refractivity (Wildman–Crippen MR) is 137 cm³/mol. The molecule has 5 rings (SSSR count). The number of thiazole rings is 1. The van der Waals surface area contributed by atoms with Crippen LogP contribution in [0.3, 0.4) is 0 Å². The van der Waals surface area contributed by atoms with E-state index in [-0.39, 0.29) is 6.10 Å². The molecule has 3 aromatic rings. The number of benzene rings is 1. The molecule has 2 aliphatic rings. The van der Waals surface area contributed by atoms with Gasteiger partial charge in [-0.3, -0.25) is 4.57 Å². The highest BCUT2D eigenvalue weighted by atomic mass is 32.2. The van der Waals surface area contributed by atoms with Crippen LogP contribution in [0.15, 0.2) is 34.8 Å². The number of ether oxygens (including phenoxy) is 2. The van der Waals surface area contributed by atoms with Gasteiger partial charge in [0.25, 0.3) is 0 Å². The third-order valence-electron chi connectivity index (χ3n) is 6.51. The monoisotopic (exact) mass is 499 g/mol. The van der Waals surface area contributed by atoms with Crippen LogP contribution in [0.2, 0.25) is 0 Å². The summed E-state index contributed by atoms with van der Waals surface area (Å²) in [5.74, 6) is 3.42. The van der Waals surface area contributed by atoms with Crippen LogP contribution in [0, 0.1) is 12.8 Å². The summed E-state index contributed by atoms with van der Waals surface area (Å²) in [4.78, 5) is 7.17. The van der Waals surface area contributed by atoms with Crippen molar-refractivity contribution in [2.75, 3.05) is 24.6 Å². The zero-order valence-electron chi connectivity index (χ0n) is 20.0. The maximum atomic E-state index is 5.95. The molecule has 0 bridgehead atoms. The standard InChI is InChI=1S/C25H33N5O2S2/c1-18-5-7-21(8-6-18)32-15-23-26-20(16-33-23)17-34-25-28-27-24(29-11-9-19(2)10-12-29)30(25)14-22-4-3-13-31-22/h5-8,16,19,22H,3-4,9-15,17H2,1-2H3. The van der Waals surface area contributed by atoms with E-state index in [0.717, 1.165) is 78.3 Å². The lowest BCUT2D eigenvalue weighted by atomic mass is 10.00. The van der Waals surface area contributed by atoms with Crippen LogP contribution in [-0.2, 0) is 23.6 Å². The first kappa shape index (κ1) is 23.6. The minimum Gasteiger partial charge on any atom is -0.486 e. The number of hydrogen-bond acceptors (Lipinski definition) is 8. The maximum Gasteiger partial charge on any atom is 0.228 e. The van der Waals surface area contributed by atoms with Crippen LogP contribution in [0.1, 0.15) is 48.9 Å². The van der Waals surface area contributed by atoms with Crippen molar-refractivity contribution in [3.05, 3.63) is 45.9 Å². The quantitative estimate of drug-likeness (QED) is 0.369. The van der Waals surface area contributed by atoms with Gasteiger partial charge in [0.15, 0.2) is 5.16 Å². The molecule has 182 valence electrons. The van der Waals surface area contributed by atoms with E-state index < -0.39 is 0 Å². The van der Waals surface area contributed by atoms with Crippen molar-refractivity contribution in [1.29, 1.82) is 0 Å². The van der Waals surface area contributed by atoms with Crippen LogP contribution in [0.5, 0.6) is 5.75 Å². The Balaban J connectivity index is 1.22. The van der Waals surface area contributed by atoms with Gasteiger partial charge < -0.3 is 14.4 Å². The third kappa shape index (κ3) is 5.93. The molecule has 0 aliphatic carbocycles. The molecule has 2 aliphatic heterocycles. The van der Waals surface area contributed by atoms with E-state index in [0.29, 0.717) is 6.61 Å². The molecule has 2 saturated heterocycles. The molecule has 9 heteroatoms. The summed E-state index contributed by atoms with van der Waals surface area (Å²) in [5.41, 5.74) is 2.28. The average Bonchev–Trinajstić information content (AvgIpc) is 3.60. The first-order chi connectivity index (χ1) is 16.6. The maximum absolute atomic E-state index is 5.95. The number of rotatable bonds is 9. The topological polar surface area (TPSA) is 65.3 Å². The molecule has 1 unspecified atom stereocenters. The van der Waals surface area contributed by atoms with Gasteiger partial charge in [-0.15, -0.1) is 21.5 Å². The zero-order chi connectivity index (χ0) is 23.3. The smallest absolute Gasteiger partial charge is 0.228 e. The van der Waals surface area contributed by atoms with Gasteiger partial charge in [-0.05, 0) is 50.7 Å². The van der Waals surface area contributed by atoms with Crippen LogP contribution in [0.4, 0.5) is 5.95 Å². The molecule has 7 nitrogen and oxygen atoms in total. The fraction of sp³-hybridized carbons (Fsp3) is 0.560. The first-order valence-corrected chi connectivity index (χ1v) is 14.1. The zero-order valence-corrected chi connectivity index (χ0v) is 21.6. The summed E-state index contributed by atoms with van der Waals surface area (Å²) in [6, 6.07) is 8.12. The Morgan fingerprint density at radius 1 is 1.15 bits per heavy atom. The third-order valence-corrected chi connectivity index (χ3v) is 8.38. The van der Waals surface area contributed by atoms with E-state index in [9.17, 15) is 0 Å².